The van der Waals surface area contributed by atoms with E-state index in [0.717, 1.165) is 5.76 Å². The van der Waals surface area contributed by atoms with Crippen LogP contribution in [0.1, 0.15) is 44.6 Å². The van der Waals surface area contributed by atoms with Gasteiger partial charge in [0.2, 0.25) is 0 Å². The second-order valence-electron chi connectivity index (χ2n) is 5.87. The third-order valence-electron chi connectivity index (χ3n) is 4.60. The molecule has 0 N–H and O–H groups in total. The minimum Gasteiger partial charge on any atom is -0.501 e. The lowest BCUT2D eigenvalue weighted by molar-refractivity contribution is 0.294. The molecule has 1 aromatic carbocycles. The van der Waals surface area contributed by atoms with E-state index in [2.05, 4.69) is 49.1 Å². The number of allylic oxidation sites excluding steroid dienone is 5. The van der Waals surface area contributed by atoms with Crippen LogP contribution in [0.3, 0.4) is 0 Å². The Morgan fingerprint density at radius 2 is 1.81 bits per heavy atom. The zero-order valence-corrected chi connectivity index (χ0v) is 13.3. The van der Waals surface area contributed by atoms with Crippen molar-refractivity contribution in [1.29, 1.82) is 0 Å². The predicted octanol–water partition coefficient (Wildman–Crippen LogP) is 5.55. The van der Waals surface area contributed by atoms with Crippen LogP contribution in [0.25, 0.3) is 0 Å². The Hall–Kier alpha value is -1.76. The Bertz CT molecular complexity index is 516. The van der Waals surface area contributed by atoms with Gasteiger partial charge >= 0.3 is 0 Å². The van der Waals surface area contributed by atoms with Crippen molar-refractivity contribution in [2.75, 3.05) is 7.11 Å². The quantitative estimate of drug-likeness (QED) is 0.508. The van der Waals surface area contributed by atoms with E-state index in [1.165, 1.54) is 43.2 Å². The van der Waals surface area contributed by atoms with E-state index in [0.29, 0.717) is 0 Å². The Morgan fingerprint density at radius 1 is 1.14 bits per heavy atom. The SMILES string of the molecule is C=C(/C=C\C=C(/C)OC)C1(c2ccccc2)CCCCC1. The smallest absolute Gasteiger partial charge is 0.0924 e. The zero-order valence-electron chi connectivity index (χ0n) is 13.3. The lowest BCUT2D eigenvalue weighted by Gasteiger charge is -2.39. The molecule has 1 saturated carbocycles. The van der Waals surface area contributed by atoms with Gasteiger partial charge < -0.3 is 4.74 Å². The highest BCUT2D eigenvalue weighted by molar-refractivity contribution is 5.41. The first-order valence-electron chi connectivity index (χ1n) is 7.83. The molecule has 1 fully saturated rings. The highest BCUT2D eigenvalue weighted by Crippen LogP contribution is 2.44. The topological polar surface area (TPSA) is 9.23 Å². The largest absolute Gasteiger partial charge is 0.501 e. The Kier molecular flexibility index (Phi) is 5.44. The van der Waals surface area contributed by atoms with Gasteiger partial charge in [-0.3, -0.25) is 0 Å². The summed E-state index contributed by atoms with van der Waals surface area (Å²) in [4.78, 5) is 0. The van der Waals surface area contributed by atoms with E-state index < -0.39 is 0 Å². The minimum absolute atomic E-state index is 0.116. The highest BCUT2D eigenvalue weighted by atomic mass is 16.5. The normalized spacial score (nSPS) is 18.7. The second kappa shape index (κ2) is 7.31. The maximum atomic E-state index is 5.17. The lowest BCUT2D eigenvalue weighted by Crippen LogP contribution is -2.30. The van der Waals surface area contributed by atoms with Gasteiger partial charge in [-0.05, 0) is 37.0 Å². The average molecular weight is 282 g/mol. The third-order valence-corrected chi connectivity index (χ3v) is 4.60. The summed E-state index contributed by atoms with van der Waals surface area (Å²) >= 11 is 0. The molecule has 0 unspecified atom stereocenters. The standard InChI is InChI=1S/C20H26O/c1-17(11-10-12-18(2)21-3)20(15-8-5-9-16-20)19-13-6-4-7-14-19/h4,6-7,10-14H,1,5,8-9,15-16H2,2-3H3/b11-10-,18-12+. The van der Waals surface area contributed by atoms with Crippen molar-refractivity contribution in [2.45, 2.75) is 44.4 Å². The summed E-state index contributed by atoms with van der Waals surface area (Å²) in [6, 6.07) is 10.9. The van der Waals surface area contributed by atoms with E-state index in [1.807, 2.05) is 13.0 Å². The highest BCUT2D eigenvalue weighted by Gasteiger charge is 2.35. The molecule has 0 atom stereocenters. The minimum atomic E-state index is 0.116. The van der Waals surface area contributed by atoms with Gasteiger partial charge in [0, 0.05) is 5.41 Å². The Labute approximate surface area is 129 Å². The van der Waals surface area contributed by atoms with Crippen molar-refractivity contribution in [3.05, 3.63) is 72.0 Å². The van der Waals surface area contributed by atoms with Gasteiger partial charge in [-0.15, -0.1) is 0 Å². The first-order chi connectivity index (χ1) is 10.2. The maximum Gasteiger partial charge on any atom is 0.0924 e. The molecule has 0 aromatic heterocycles. The van der Waals surface area contributed by atoms with Crippen LogP contribution in [0.15, 0.2) is 66.5 Å². The number of benzene rings is 1. The molecule has 1 aliphatic rings. The molecule has 2 rings (SSSR count). The van der Waals surface area contributed by atoms with Gasteiger partial charge in [0.1, 0.15) is 0 Å². The first kappa shape index (κ1) is 15.6. The number of methoxy groups -OCH3 is 1. The zero-order chi connectivity index (χ0) is 15.1. The van der Waals surface area contributed by atoms with E-state index in [1.54, 1.807) is 7.11 Å². The molecule has 0 aliphatic heterocycles. The van der Waals surface area contributed by atoms with Crippen LogP contribution < -0.4 is 0 Å². The Morgan fingerprint density at radius 3 is 2.43 bits per heavy atom. The monoisotopic (exact) mass is 282 g/mol. The maximum absolute atomic E-state index is 5.17. The summed E-state index contributed by atoms with van der Waals surface area (Å²) in [6.07, 6.45) is 12.5. The second-order valence-corrected chi connectivity index (χ2v) is 5.87. The summed E-state index contributed by atoms with van der Waals surface area (Å²) in [5, 5.41) is 0. The molecule has 1 aliphatic carbocycles. The third kappa shape index (κ3) is 3.66. The Balaban J connectivity index is 2.26. The number of rotatable bonds is 5. The molecule has 1 heteroatoms. The average Bonchev–Trinajstić information content (AvgIpc) is 2.56. The molecule has 0 spiro atoms. The van der Waals surface area contributed by atoms with Gasteiger partial charge in [-0.1, -0.05) is 68.3 Å². The summed E-state index contributed by atoms with van der Waals surface area (Å²) in [5.74, 6) is 0.913. The fourth-order valence-corrected chi connectivity index (χ4v) is 3.24. The number of hydrogen-bond acceptors (Lipinski definition) is 1. The van der Waals surface area contributed by atoms with E-state index in [4.69, 9.17) is 4.74 Å². The number of hydrogen-bond donors (Lipinski definition) is 0. The van der Waals surface area contributed by atoms with Gasteiger partial charge in [-0.2, -0.15) is 0 Å². The van der Waals surface area contributed by atoms with Crippen molar-refractivity contribution in [3.8, 4) is 0 Å². The van der Waals surface area contributed by atoms with Crippen molar-refractivity contribution >= 4 is 0 Å². The molecule has 21 heavy (non-hydrogen) atoms. The van der Waals surface area contributed by atoms with Crippen LogP contribution in [0.5, 0.6) is 0 Å². The molecular formula is C20H26O. The van der Waals surface area contributed by atoms with Crippen LogP contribution in [-0.2, 0) is 10.2 Å². The van der Waals surface area contributed by atoms with Gasteiger partial charge in [-0.25, -0.2) is 0 Å². The van der Waals surface area contributed by atoms with Crippen molar-refractivity contribution in [2.24, 2.45) is 0 Å². The van der Waals surface area contributed by atoms with Crippen molar-refractivity contribution in [1.82, 2.24) is 0 Å². The van der Waals surface area contributed by atoms with Gasteiger partial charge in [0.15, 0.2) is 0 Å². The van der Waals surface area contributed by atoms with E-state index in [9.17, 15) is 0 Å². The fourth-order valence-electron chi connectivity index (χ4n) is 3.24. The van der Waals surface area contributed by atoms with Crippen LogP contribution in [0, 0.1) is 0 Å². The lowest BCUT2D eigenvalue weighted by atomic mass is 9.65. The molecule has 1 aromatic rings. The van der Waals surface area contributed by atoms with E-state index >= 15 is 0 Å². The molecular weight excluding hydrogens is 256 g/mol. The van der Waals surface area contributed by atoms with Crippen LogP contribution in [-0.4, -0.2) is 7.11 Å². The molecule has 0 radical (unpaired) electrons. The first-order valence-corrected chi connectivity index (χ1v) is 7.83. The van der Waals surface area contributed by atoms with E-state index in [-0.39, 0.29) is 5.41 Å². The van der Waals surface area contributed by atoms with Crippen molar-refractivity contribution in [3.63, 3.8) is 0 Å². The van der Waals surface area contributed by atoms with Crippen LogP contribution in [0.4, 0.5) is 0 Å². The van der Waals surface area contributed by atoms with Crippen molar-refractivity contribution < 1.29 is 4.74 Å². The van der Waals surface area contributed by atoms with Gasteiger partial charge in [0.25, 0.3) is 0 Å². The summed E-state index contributed by atoms with van der Waals surface area (Å²) < 4.78 is 5.17. The molecule has 0 saturated heterocycles. The predicted molar refractivity (Wildman–Crippen MR) is 90.3 cm³/mol. The summed E-state index contributed by atoms with van der Waals surface area (Å²) in [7, 11) is 1.70. The van der Waals surface area contributed by atoms with Crippen LogP contribution >= 0.6 is 0 Å². The molecule has 112 valence electrons. The van der Waals surface area contributed by atoms with Gasteiger partial charge in [0.05, 0.1) is 12.9 Å². The number of ether oxygens (including phenoxy) is 1. The molecule has 0 bridgehead atoms. The molecule has 0 heterocycles. The summed E-state index contributed by atoms with van der Waals surface area (Å²) in [6.45, 7) is 6.35. The van der Waals surface area contributed by atoms with Crippen LogP contribution in [0.2, 0.25) is 0 Å². The summed E-state index contributed by atoms with van der Waals surface area (Å²) in [5.41, 5.74) is 2.74. The molecule has 0 amide bonds. The molecule has 1 nitrogen and oxygen atoms in total. The fraction of sp³-hybridized carbons (Fsp3) is 0.400.